The molecule has 2 saturated carbocycles. The molecule has 0 heterocycles. The van der Waals surface area contributed by atoms with Crippen molar-refractivity contribution >= 4 is 11.9 Å². The Bertz CT molecular complexity index is 361. The first-order valence-corrected chi connectivity index (χ1v) is 8.06. The normalized spacial score (nSPS) is 29.6. The van der Waals surface area contributed by atoms with E-state index in [4.69, 9.17) is 0 Å². The number of carbonyl (C=O) groups is 2. The number of carbonyl (C=O) groups excluding carboxylic acids is 1. The molecular formula is C16H27NO3. The van der Waals surface area contributed by atoms with E-state index in [1.807, 2.05) is 0 Å². The Balaban J connectivity index is 1.93. The minimum Gasteiger partial charge on any atom is -0.481 e. The molecule has 1 amide bonds. The molecule has 0 spiro atoms. The molecule has 20 heavy (non-hydrogen) atoms. The molecule has 0 bridgehead atoms. The minimum absolute atomic E-state index is 0.0620. The largest absolute Gasteiger partial charge is 0.481 e. The molecule has 0 saturated heterocycles. The van der Waals surface area contributed by atoms with Gasteiger partial charge in [0.15, 0.2) is 0 Å². The van der Waals surface area contributed by atoms with Gasteiger partial charge in [0.2, 0.25) is 5.91 Å². The maximum Gasteiger partial charge on any atom is 0.310 e. The van der Waals surface area contributed by atoms with Crippen LogP contribution >= 0.6 is 0 Å². The zero-order valence-corrected chi connectivity index (χ0v) is 12.5. The van der Waals surface area contributed by atoms with E-state index in [9.17, 15) is 14.7 Å². The summed E-state index contributed by atoms with van der Waals surface area (Å²) in [4.78, 5) is 23.8. The van der Waals surface area contributed by atoms with E-state index in [1.165, 1.54) is 12.8 Å². The average molecular weight is 281 g/mol. The molecule has 2 rings (SSSR count). The Morgan fingerprint density at radius 3 is 2.35 bits per heavy atom. The summed E-state index contributed by atoms with van der Waals surface area (Å²) in [6, 6.07) is 0.241. The number of amides is 1. The van der Waals surface area contributed by atoms with E-state index in [1.54, 1.807) is 0 Å². The van der Waals surface area contributed by atoms with Gasteiger partial charge in [0.05, 0.1) is 5.41 Å². The Labute approximate surface area is 121 Å². The monoisotopic (exact) mass is 281 g/mol. The third kappa shape index (κ3) is 3.53. The van der Waals surface area contributed by atoms with Crippen molar-refractivity contribution in [2.24, 2.45) is 11.3 Å². The number of rotatable bonds is 4. The molecule has 0 aromatic carbocycles. The van der Waals surface area contributed by atoms with E-state index in [0.29, 0.717) is 18.8 Å². The zero-order valence-electron chi connectivity index (χ0n) is 12.5. The van der Waals surface area contributed by atoms with E-state index >= 15 is 0 Å². The fourth-order valence-corrected chi connectivity index (χ4v) is 3.79. The number of carboxylic acids is 1. The SMILES string of the molecule is CC1CCCCC1NC(=O)CC1(C(=O)O)CCCCC1. The number of hydrogen-bond acceptors (Lipinski definition) is 2. The van der Waals surface area contributed by atoms with Gasteiger partial charge >= 0.3 is 5.97 Å². The molecule has 2 aliphatic carbocycles. The van der Waals surface area contributed by atoms with Crippen molar-refractivity contribution in [1.82, 2.24) is 5.32 Å². The molecule has 0 aromatic heterocycles. The van der Waals surface area contributed by atoms with Crippen molar-refractivity contribution in [3.05, 3.63) is 0 Å². The van der Waals surface area contributed by atoms with Gasteiger partial charge in [-0.15, -0.1) is 0 Å². The molecule has 2 aliphatic rings. The summed E-state index contributed by atoms with van der Waals surface area (Å²) >= 11 is 0. The van der Waals surface area contributed by atoms with Gasteiger partial charge in [0.1, 0.15) is 0 Å². The van der Waals surface area contributed by atoms with E-state index in [-0.39, 0.29) is 18.4 Å². The van der Waals surface area contributed by atoms with E-state index in [2.05, 4.69) is 12.2 Å². The first-order valence-electron chi connectivity index (χ1n) is 8.06. The molecule has 2 fully saturated rings. The average Bonchev–Trinajstić information content (AvgIpc) is 2.42. The smallest absolute Gasteiger partial charge is 0.310 e. The molecular weight excluding hydrogens is 254 g/mol. The molecule has 2 atom stereocenters. The topological polar surface area (TPSA) is 66.4 Å². The van der Waals surface area contributed by atoms with Gasteiger partial charge in [-0.25, -0.2) is 0 Å². The highest BCUT2D eigenvalue weighted by Crippen LogP contribution is 2.39. The number of carboxylic acid groups (broad SMARTS) is 1. The predicted octanol–water partition coefficient (Wildman–Crippen LogP) is 3.11. The van der Waals surface area contributed by atoms with Crippen LogP contribution in [0.1, 0.15) is 71.1 Å². The van der Waals surface area contributed by atoms with E-state index < -0.39 is 11.4 Å². The second-order valence-electron chi connectivity index (χ2n) is 6.76. The molecule has 2 unspecified atom stereocenters. The van der Waals surface area contributed by atoms with Gasteiger partial charge in [-0.1, -0.05) is 39.0 Å². The van der Waals surface area contributed by atoms with Crippen LogP contribution in [0.3, 0.4) is 0 Å². The van der Waals surface area contributed by atoms with Gasteiger partial charge in [0.25, 0.3) is 0 Å². The molecule has 0 aliphatic heterocycles. The Hall–Kier alpha value is -1.06. The molecule has 0 radical (unpaired) electrons. The summed E-state index contributed by atoms with van der Waals surface area (Å²) in [7, 11) is 0. The molecule has 2 N–H and O–H groups in total. The predicted molar refractivity (Wildman–Crippen MR) is 77.3 cm³/mol. The highest BCUT2D eigenvalue weighted by Gasteiger charge is 2.41. The summed E-state index contributed by atoms with van der Waals surface area (Å²) in [6.45, 7) is 2.18. The molecule has 4 heteroatoms. The standard InChI is InChI=1S/C16H27NO3/c1-12-7-3-4-8-13(12)17-14(18)11-16(15(19)20)9-5-2-6-10-16/h12-13H,2-11H2,1H3,(H,17,18)(H,19,20). The molecule has 4 nitrogen and oxygen atoms in total. The summed E-state index contributed by atoms with van der Waals surface area (Å²) in [5.41, 5.74) is -0.805. The first kappa shape index (κ1) is 15.3. The third-order valence-electron chi connectivity index (χ3n) is 5.22. The maximum atomic E-state index is 12.3. The van der Waals surface area contributed by atoms with Crippen molar-refractivity contribution < 1.29 is 14.7 Å². The van der Waals surface area contributed by atoms with Crippen LogP contribution < -0.4 is 5.32 Å². The van der Waals surface area contributed by atoms with Gasteiger partial charge in [-0.3, -0.25) is 9.59 Å². The van der Waals surface area contributed by atoms with Crippen LogP contribution in [-0.2, 0) is 9.59 Å². The van der Waals surface area contributed by atoms with Crippen molar-refractivity contribution in [2.45, 2.75) is 77.2 Å². The summed E-state index contributed by atoms with van der Waals surface area (Å²) in [6.07, 6.45) is 9.01. The number of nitrogens with one attached hydrogen (secondary N) is 1. The van der Waals surface area contributed by atoms with E-state index in [0.717, 1.165) is 32.1 Å². The fourth-order valence-electron chi connectivity index (χ4n) is 3.79. The Morgan fingerprint density at radius 2 is 1.75 bits per heavy atom. The van der Waals surface area contributed by atoms with Gasteiger partial charge < -0.3 is 10.4 Å². The van der Waals surface area contributed by atoms with Gasteiger partial charge in [-0.05, 0) is 31.6 Å². The van der Waals surface area contributed by atoms with Crippen LogP contribution in [0.15, 0.2) is 0 Å². The summed E-state index contributed by atoms with van der Waals surface area (Å²) in [5, 5.41) is 12.6. The lowest BCUT2D eigenvalue weighted by molar-refractivity contribution is -0.154. The second kappa shape index (κ2) is 6.59. The minimum atomic E-state index is -0.805. The lowest BCUT2D eigenvalue weighted by Gasteiger charge is -2.34. The van der Waals surface area contributed by atoms with Gasteiger partial charge in [-0.2, -0.15) is 0 Å². The van der Waals surface area contributed by atoms with Crippen LogP contribution in [0.4, 0.5) is 0 Å². The highest BCUT2D eigenvalue weighted by atomic mass is 16.4. The fraction of sp³-hybridized carbons (Fsp3) is 0.875. The van der Waals surface area contributed by atoms with Crippen LogP contribution in [-0.4, -0.2) is 23.0 Å². The summed E-state index contributed by atoms with van der Waals surface area (Å²) in [5.74, 6) is -0.336. The molecule has 114 valence electrons. The van der Waals surface area contributed by atoms with Crippen molar-refractivity contribution in [1.29, 1.82) is 0 Å². The quantitative estimate of drug-likeness (QED) is 0.832. The van der Waals surface area contributed by atoms with Crippen LogP contribution in [0.25, 0.3) is 0 Å². The lowest BCUT2D eigenvalue weighted by atomic mass is 9.71. The Morgan fingerprint density at radius 1 is 1.10 bits per heavy atom. The zero-order chi connectivity index (χ0) is 14.6. The number of aliphatic carboxylic acids is 1. The van der Waals surface area contributed by atoms with Crippen molar-refractivity contribution in [3.63, 3.8) is 0 Å². The van der Waals surface area contributed by atoms with Crippen LogP contribution in [0.2, 0.25) is 0 Å². The van der Waals surface area contributed by atoms with Crippen molar-refractivity contribution in [3.8, 4) is 0 Å². The Kier molecular flexibility index (Phi) is 5.06. The van der Waals surface area contributed by atoms with Crippen molar-refractivity contribution in [2.75, 3.05) is 0 Å². The van der Waals surface area contributed by atoms with Crippen LogP contribution in [0, 0.1) is 11.3 Å². The van der Waals surface area contributed by atoms with Crippen LogP contribution in [0.5, 0.6) is 0 Å². The molecule has 0 aromatic rings. The third-order valence-corrected chi connectivity index (χ3v) is 5.22. The number of hydrogen-bond donors (Lipinski definition) is 2. The highest BCUT2D eigenvalue weighted by molar-refractivity contribution is 5.85. The first-order chi connectivity index (χ1) is 9.53. The lowest BCUT2D eigenvalue weighted by Crippen LogP contribution is -2.45. The summed E-state index contributed by atoms with van der Waals surface area (Å²) < 4.78 is 0. The maximum absolute atomic E-state index is 12.3. The second-order valence-corrected chi connectivity index (χ2v) is 6.76. The van der Waals surface area contributed by atoms with Gasteiger partial charge in [0, 0.05) is 12.5 Å².